The van der Waals surface area contributed by atoms with Gasteiger partial charge in [-0.3, -0.25) is 4.79 Å². The summed E-state index contributed by atoms with van der Waals surface area (Å²) in [6.45, 7) is 6.82. The normalized spacial score (nSPS) is 9.73. The van der Waals surface area contributed by atoms with Crippen molar-refractivity contribution in [1.82, 2.24) is 0 Å². The summed E-state index contributed by atoms with van der Waals surface area (Å²) in [5.74, 6) is -1.35. The van der Waals surface area contributed by atoms with Gasteiger partial charge in [0.2, 0.25) is 0 Å². The molecule has 0 atom stereocenters. The number of Topliss-reactive ketones (excluding diaryl/α,β-unsaturated/α-hetero) is 1. The van der Waals surface area contributed by atoms with E-state index >= 15 is 0 Å². The van der Waals surface area contributed by atoms with Crippen LogP contribution >= 0.6 is 0 Å². The number of carbonyl (C=O) groups excluding carboxylic acids is 1. The molecule has 1 N–H and O–H groups in total. The Morgan fingerprint density at radius 2 is 1.73 bits per heavy atom. The van der Waals surface area contributed by atoms with Crippen molar-refractivity contribution in [2.45, 2.75) is 13.8 Å². The van der Waals surface area contributed by atoms with Crippen molar-refractivity contribution in [2.75, 3.05) is 0 Å². The molecule has 1 aromatic rings. The fourth-order valence-corrected chi connectivity index (χ4v) is 1.47. The van der Waals surface area contributed by atoms with Crippen molar-refractivity contribution >= 4 is 17.3 Å². The van der Waals surface area contributed by atoms with E-state index in [-0.39, 0.29) is 16.9 Å². The first kappa shape index (κ1) is 11.2. The van der Waals surface area contributed by atoms with Crippen LogP contribution in [0.3, 0.4) is 0 Å². The third-order valence-electron chi connectivity index (χ3n) is 2.11. The summed E-state index contributed by atoms with van der Waals surface area (Å²) < 4.78 is 0. The number of hydrogen-bond acceptors (Lipinski definition) is 2. The van der Waals surface area contributed by atoms with E-state index in [0.717, 1.165) is 0 Å². The second-order valence-electron chi connectivity index (χ2n) is 3.37. The molecule has 3 nitrogen and oxygen atoms in total. The van der Waals surface area contributed by atoms with Gasteiger partial charge in [0.05, 0.1) is 5.56 Å². The van der Waals surface area contributed by atoms with Crippen LogP contribution in [0.2, 0.25) is 0 Å². The van der Waals surface area contributed by atoms with Crippen LogP contribution in [-0.4, -0.2) is 16.9 Å². The van der Waals surface area contributed by atoms with E-state index in [0.29, 0.717) is 11.1 Å². The van der Waals surface area contributed by atoms with Crippen LogP contribution in [0.25, 0.3) is 5.57 Å². The minimum atomic E-state index is -1.09. The lowest BCUT2D eigenvalue weighted by Crippen LogP contribution is -2.08. The van der Waals surface area contributed by atoms with Crippen LogP contribution in [0.15, 0.2) is 24.8 Å². The summed E-state index contributed by atoms with van der Waals surface area (Å²) in [7, 11) is 0. The average Bonchev–Trinajstić information content (AvgIpc) is 2.16. The van der Waals surface area contributed by atoms with Gasteiger partial charge >= 0.3 is 5.97 Å². The number of hydrogen-bond donors (Lipinski definition) is 1. The highest BCUT2D eigenvalue weighted by molar-refractivity contribution is 6.07. The van der Waals surface area contributed by atoms with E-state index in [4.69, 9.17) is 5.11 Å². The zero-order chi connectivity index (χ0) is 11.6. The molecule has 0 amide bonds. The van der Waals surface area contributed by atoms with Crippen molar-refractivity contribution in [2.24, 2.45) is 0 Å². The van der Waals surface area contributed by atoms with E-state index in [9.17, 15) is 9.59 Å². The second kappa shape index (κ2) is 4.09. The SMILES string of the molecule is C=C(C)c1cccc(C(=O)O)c1C(C)=O. The summed E-state index contributed by atoms with van der Waals surface area (Å²) in [6.07, 6.45) is 0. The van der Waals surface area contributed by atoms with Gasteiger partial charge in [-0.05, 0) is 25.5 Å². The van der Waals surface area contributed by atoms with Crippen LogP contribution < -0.4 is 0 Å². The maximum absolute atomic E-state index is 11.4. The van der Waals surface area contributed by atoms with E-state index in [1.807, 2.05) is 0 Å². The molecule has 1 aromatic carbocycles. The molecular formula is C12H12O3. The molecule has 0 saturated carbocycles. The summed E-state index contributed by atoms with van der Waals surface area (Å²) in [5.41, 5.74) is 1.55. The third-order valence-corrected chi connectivity index (χ3v) is 2.11. The van der Waals surface area contributed by atoms with Crippen LogP contribution in [0.4, 0.5) is 0 Å². The molecule has 0 saturated heterocycles. The molecule has 78 valence electrons. The highest BCUT2D eigenvalue weighted by Gasteiger charge is 2.17. The molecule has 0 aliphatic rings. The molecule has 0 aliphatic carbocycles. The van der Waals surface area contributed by atoms with Crippen molar-refractivity contribution in [1.29, 1.82) is 0 Å². The molecule has 0 heterocycles. The molecule has 0 spiro atoms. The van der Waals surface area contributed by atoms with Crippen LogP contribution in [0, 0.1) is 0 Å². The first-order chi connectivity index (χ1) is 6.95. The lowest BCUT2D eigenvalue weighted by molar-refractivity contribution is 0.0692. The highest BCUT2D eigenvalue weighted by atomic mass is 16.4. The van der Waals surface area contributed by atoms with Crippen LogP contribution in [0.5, 0.6) is 0 Å². The van der Waals surface area contributed by atoms with E-state index in [2.05, 4.69) is 6.58 Å². The molecule has 0 radical (unpaired) electrons. The van der Waals surface area contributed by atoms with Gasteiger partial charge in [0.15, 0.2) is 5.78 Å². The smallest absolute Gasteiger partial charge is 0.336 e. The number of allylic oxidation sites excluding steroid dienone is 1. The Morgan fingerprint density at radius 3 is 2.13 bits per heavy atom. The van der Waals surface area contributed by atoms with Gasteiger partial charge in [-0.2, -0.15) is 0 Å². The maximum Gasteiger partial charge on any atom is 0.336 e. The zero-order valence-electron chi connectivity index (χ0n) is 8.70. The Bertz CT molecular complexity index is 412. The topological polar surface area (TPSA) is 54.4 Å². The number of carbonyl (C=O) groups is 2. The lowest BCUT2D eigenvalue weighted by atomic mass is 9.94. The van der Waals surface area contributed by atoms with Crippen molar-refractivity contribution < 1.29 is 14.7 Å². The largest absolute Gasteiger partial charge is 0.478 e. The number of carboxylic acid groups (broad SMARTS) is 1. The van der Waals surface area contributed by atoms with Gasteiger partial charge in [0.25, 0.3) is 0 Å². The lowest BCUT2D eigenvalue weighted by Gasteiger charge is -2.09. The van der Waals surface area contributed by atoms with Gasteiger partial charge in [-0.25, -0.2) is 4.79 Å². The van der Waals surface area contributed by atoms with Crippen molar-refractivity contribution in [3.05, 3.63) is 41.5 Å². The predicted molar refractivity (Wildman–Crippen MR) is 58.1 cm³/mol. The Kier molecular flexibility index (Phi) is 3.04. The maximum atomic E-state index is 11.4. The van der Waals surface area contributed by atoms with Crippen molar-refractivity contribution in [3.8, 4) is 0 Å². The molecule has 0 bridgehead atoms. The molecular weight excluding hydrogens is 192 g/mol. The Labute approximate surface area is 88.0 Å². The van der Waals surface area contributed by atoms with Crippen LogP contribution in [-0.2, 0) is 0 Å². The molecule has 15 heavy (non-hydrogen) atoms. The van der Waals surface area contributed by atoms with Gasteiger partial charge < -0.3 is 5.11 Å². The quantitative estimate of drug-likeness (QED) is 0.770. The van der Waals surface area contributed by atoms with Gasteiger partial charge in [-0.1, -0.05) is 24.3 Å². The zero-order valence-corrected chi connectivity index (χ0v) is 8.70. The standard InChI is InChI=1S/C12H12O3/c1-7(2)9-5-4-6-10(12(14)15)11(9)8(3)13/h4-6H,1H2,2-3H3,(H,14,15). The Morgan fingerprint density at radius 1 is 1.20 bits per heavy atom. The Hall–Kier alpha value is -1.90. The van der Waals surface area contributed by atoms with Gasteiger partial charge in [0.1, 0.15) is 0 Å². The fourth-order valence-electron chi connectivity index (χ4n) is 1.47. The fraction of sp³-hybridized carbons (Fsp3) is 0.167. The minimum absolute atomic E-state index is 0.0306. The monoisotopic (exact) mass is 204 g/mol. The van der Waals surface area contributed by atoms with Crippen LogP contribution in [0.1, 0.15) is 40.1 Å². The number of aromatic carboxylic acids is 1. The van der Waals surface area contributed by atoms with Gasteiger partial charge in [-0.15, -0.1) is 0 Å². The average molecular weight is 204 g/mol. The molecule has 0 aromatic heterocycles. The number of rotatable bonds is 3. The summed E-state index contributed by atoms with van der Waals surface area (Å²) >= 11 is 0. The van der Waals surface area contributed by atoms with E-state index < -0.39 is 5.97 Å². The highest BCUT2D eigenvalue weighted by Crippen LogP contribution is 2.21. The number of benzene rings is 1. The summed E-state index contributed by atoms with van der Waals surface area (Å²) in [5, 5.41) is 8.94. The number of ketones is 1. The van der Waals surface area contributed by atoms with Crippen molar-refractivity contribution in [3.63, 3.8) is 0 Å². The molecule has 0 fully saturated rings. The van der Waals surface area contributed by atoms with E-state index in [1.165, 1.54) is 13.0 Å². The summed E-state index contributed by atoms with van der Waals surface area (Å²) in [6, 6.07) is 4.73. The predicted octanol–water partition coefficient (Wildman–Crippen LogP) is 2.62. The van der Waals surface area contributed by atoms with Gasteiger partial charge in [0, 0.05) is 5.56 Å². The molecule has 3 heteroatoms. The second-order valence-corrected chi connectivity index (χ2v) is 3.37. The third kappa shape index (κ3) is 2.13. The molecule has 0 aliphatic heterocycles. The minimum Gasteiger partial charge on any atom is -0.478 e. The first-order valence-electron chi connectivity index (χ1n) is 4.48. The summed E-state index contributed by atoms with van der Waals surface area (Å²) in [4.78, 5) is 22.3. The first-order valence-corrected chi connectivity index (χ1v) is 4.48. The number of carboxylic acids is 1. The molecule has 0 unspecified atom stereocenters. The van der Waals surface area contributed by atoms with E-state index in [1.54, 1.807) is 19.1 Å². The molecule has 1 rings (SSSR count). The Balaban J connectivity index is 3.56.